The largest absolute Gasteiger partial charge is 0.497 e. The maximum atomic E-state index is 5.57. The maximum Gasteiger partial charge on any atom is 0.241 e. The second-order valence-corrected chi connectivity index (χ2v) is 5.93. The first-order chi connectivity index (χ1) is 11.8. The molecule has 0 bridgehead atoms. The Labute approximate surface area is 146 Å². The number of rotatable bonds is 6. The highest BCUT2D eigenvalue weighted by Crippen LogP contribution is 2.20. The van der Waals surface area contributed by atoms with Gasteiger partial charge < -0.3 is 9.26 Å². The summed E-state index contributed by atoms with van der Waals surface area (Å²) in [6, 6.07) is 7.63. The van der Waals surface area contributed by atoms with Crippen molar-refractivity contribution in [1.82, 2.24) is 19.9 Å². The van der Waals surface area contributed by atoms with Gasteiger partial charge in [0.15, 0.2) is 0 Å². The molecule has 1 aliphatic rings. The zero-order valence-corrected chi connectivity index (χ0v) is 14.4. The maximum absolute atomic E-state index is 5.57. The third-order valence-electron chi connectivity index (χ3n) is 4.09. The van der Waals surface area contributed by atoms with Gasteiger partial charge in [0.05, 0.1) is 13.7 Å². The van der Waals surface area contributed by atoms with Crippen LogP contribution in [-0.2, 0) is 6.54 Å². The van der Waals surface area contributed by atoms with E-state index in [1.165, 1.54) is 0 Å². The summed E-state index contributed by atoms with van der Waals surface area (Å²) in [6.45, 7) is 5.58. The predicted octanol–water partition coefficient (Wildman–Crippen LogP) is 2.62. The van der Waals surface area contributed by atoms with E-state index in [4.69, 9.17) is 20.9 Å². The molecule has 1 aromatic heterocycles. The number of nitrogens with zero attached hydrogens (tertiary/aromatic N) is 4. The summed E-state index contributed by atoms with van der Waals surface area (Å²) >= 11 is 5.57. The Balaban J connectivity index is 1.54. The van der Waals surface area contributed by atoms with Crippen molar-refractivity contribution in [3.8, 4) is 17.1 Å². The lowest BCUT2D eigenvalue weighted by Crippen LogP contribution is -2.45. The van der Waals surface area contributed by atoms with Crippen LogP contribution in [0.1, 0.15) is 5.89 Å². The van der Waals surface area contributed by atoms with Crippen LogP contribution in [0.4, 0.5) is 0 Å². The van der Waals surface area contributed by atoms with Crippen molar-refractivity contribution in [2.24, 2.45) is 0 Å². The van der Waals surface area contributed by atoms with Crippen LogP contribution in [0.15, 0.2) is 40.4 Å². The van der Waals surface area contributed by atoms with Crippen LogP contribution >= 0.6 is 11.6 Å². The Bertz CT molecular complexity index is 663. The highest BCUT2D eigenvalue weighted by molar-refractivity contribution is 6.25. The zero-order valence-electron chi connectivity index (χ0n) is 13.7. The van der Waals surface area contributed by atoms with Gasteiger partial charge in [0.1, 0.15) is 5.75 Å². The number of benzene rings is 1. The minimum absolute atomic E-state index is 0.610. The molecule has 1 aromatic carbocycles. The highest BCUT2D eigenvalue weighted by atomic mass is 35.5. The van der Waals surface area contributed by atoms with Crippen molar-refractivity contribution in [3.63, 3.8) is 0 Å². The molecule has 1 fully saturated rings. The second-order valence-electron chi connectivity index (χ2n) is 5.68. The van der Waals surface area contributed by atoms with Crippen molar-refractivity contribution in [2.45, 2.75) is 6.54 Å². The van der Waals surface area contributed by atoms with Gasteiger partial charge in [-0.05, 0) is 24.3 Å². The van der Waals surface area contributed by atoms with Gasteiger partial charge in [-0.15, -0.1) is 0 Å². The molecule has 1 saturated heterocycles. The summed E-state index contributed by atoms with van der Waals surface area (Å²) in [5.74, 6) is 2.07. The van der Waals surface area contributed by atoms with Crippen LogP contribution in [0, 0.1) is 0 Å². The summed E-state index contributed by atoms with van der Waals surface area (Å²) in [5.41, 5.74) is 2.49. The minimum atomic E-state index is 0.610. The first kappa shape index (κ1) is 17.0. The Morgan fingerprint density at radius 1 is 1.17 bits per heavy atom. The molecule has 3 rings (SSSR count). The molecule has 0 saturated carbocycles. The van der Waals surface area contributed by atoms with Gasteiger partial charge in [-0.2, -0.15) is 4.98 Å². The van der Waals surface area contributed by atoms with E-state index in [1.54, 1.807) is 12.6 Å². The zero-order chi connectivity index (χ0) is 16.8. The molecule has 0 radical (unpaired) electrons. The van der Waals surface area contributed by atoms with E-state index in [9.17, 15) is 0 Å². The molecule has 6 nitrogen and oxygen atoms in total. The van der Waals surface area contributed by atoms with Crippen LogP contribution < -0.4 is 4.74 Å². The Hall–Kier alpha value is -1.89. The summed E-state index contributed by atoms with van der Waals surface area (Å²) in [5, 5.41) is 4.08. The van der Waals surface area contributed by atoms with Gasteiger partial charge in [-0.1, -0.05) is 22.8 Å². The molecule has 128 valence electrons. The van der Waals surface area contributed by atoms with Gasteiger partial charge in [0.25, 0.3) is 0 Å². The first-order valence-corrected chi connectivity index (χ1v) is 8.39. The molecule has 0 aliphatic carbocycles. The van der Waals surface area contributed by atoms with Crippen molar-refractivity contribution in [1.29, 1.82) is 0 Å². The fraction of sp³-hybridized carbons (Fsp3) is 0.412. The van der Waals surface area contributed by atoms with Crippen LogP contribution in [0.2, 0.25) is 0 Å². The number of piperazine rings is 1. The van der Waals surface area contributed by atoms with Crippen LogP contribution in [0.5, 0.6) is 5.75 Å². The van der Waals surface area contributed by atoms with Gasteiger partial charge >= 0.3 is 0 Å². The van der Waals surface area contributed by atoms with Crippen LogP contribution in [0.3, 0.4) is 0 Å². The van der Waals surface area contributed by atoms with Crippen LogP contribution in [-0.4, -0.2) is 59.8 Å². The van der Waals surface area contributed by atoms with Crippen molar-refractivity contribution in [2.75, 3.05) is 39.8 Å². The normalized spacial score (nSPS) is 16.8. The van der Waals surface area contributed by atoms with E-state index in [0.717, 1.165) is 44.0 Å². The number of hydrogen-bond acceptors (Lipinski definition) is 6. The van der Waals surface area contributed by atoms with Gasteiger partial charge in [-0.25, -0.2) is 0 Å². The molecule has 0 amide bonds. The molecule has 2 heterocycles. The number of ether oxygens (including phenoxy) is 1. The van der Waals surface area contributed by atoms with Gasteiger partial charge in [0, 0.05) is 43.8 Å². The standard InChI is InChI=1S/C17H21ClN4O2/c1-23-15-5-3-14(4-6-15)17-19-16(24-20-17)13-22-11-9-21(10-12-22)8-2-7-18/h2-7H,8-13H2,1H3/b7-2+. The fourth-order valence-electron chi connectivity index (χ4n) is 2.69. The second kappa shape index (κ2) is 8.28. The Kier molecular flexibility index (Phi) is 5.85. The average molecular weight is 349 g/mol. The quantitative estimate of drug-likeness (QED) is 0.800. The van der Waals surface area contributed by atoms with Crippen LogP contribution in [0.25, 0.3) is 11.4 Å². The molecule has 7 heteroatoms. The van der Waals surface area contributed by atoms with Crippen molar-refractivity contribution < 1.29 is 9.26 Å². The molecule has 0 spiro atoms. The van der Waals surface area contributed by atoms with E-state index in [1.807, 2.05) is 30.3 Å². The Morgan fingerprint density at radius 3 is 2.54 bits per heavy atom. The van der Waals surface area contributed by atoms with Crippen molar-refractivity contribution >= 4 is 11.6 Å². The molecule has 0 N–H and O–H groups in total. The number of methoxy groups -OCH3 is 1. The van der Waals surface area contributed by atoms with E-state index in [0.29, 0.717) is 18.3 Å². The SMILES string of the molecule is COc1ccc(-c2noc(CN3CCN(C/C=C/Cl)CC3)n2)cc1. The number of aromatic nitrogens is 2. The predicted molar refractivity (Wildman–Crippen MR) is 93.0 cm³/mol. The monoisotopic (exact) mass is 348 g/mol. The molecule has 1 aliphatic heterocycles. The molecule has 0 atom stereocenters. The van der Waals surface area contributed by atoms with Gasteiger partial charge in [-0.3, -0.25) is 9.80 Å². The van der Waals surface area contributed by atoms with E-state index in [2.05, 4.69) is 19.9 Å². The van der Waals surface area contributed by atoms with E-state index >= 15 is 0 Å². The van der Waals surface area contributed by atoms with E-state index < -0.39 is 0 Å². The molecule has 0 unspecified atom stereocenters. The highest BCUT2D eigenvalue weighted by Gasteiger charge is 2.18. The average Bonchev–Trinajstić information content (AvgIpc) is 3.10. The third-order valence-corrected chi connectivity index (χ3v) is 4.27. The summed E-state index contributed by atoms with van der Waals surface area (Å²) in [4.78, 5) is 9.19. The smallest absolute Gasteiger partial charge is 0.241 e. The number of hydrogen-bond donors (Lipinski definition) is 0. The molecule has 24 heavy (non-hydrogen) atoms. The van der Waals surface area contributed by atoms with Gasteiger partial charge in [0.2, 0.25) is 11.7 Å². The summed E-state index contributed by atoms with van der Waals surface area (Å²) in [6.07, 6.45) is 1.97. The molecule has 2 aromatic rings. The first-order valence-electron chi connectivity index (χ1n) is 7.95. The lowest BCUT2D eigenvalue weighted by Gasteiger charge is -2.33. The molecular weight excluding hydrogens is 328 g/mol. The summed E-state index contributed by atoms with van der Waals surface area (Å²) < 4.78 is 10.6. The lowest BCUT2D eigenvalue weighted by atomic mass is 10.2. The van der Waals surface area contributed by atoms with Crippen molar-refractivity contribution in [3.05, 3.63) is 41.8 Å². The molecular formula is C17H21ClN4O2. The minimum Gasteiger partial charge on any atom is -0.497 e. The fourth-order valence-corrected chi connectivity index (χ4v) is 2.77. The van der Waals surface area contributed by atoms with E-state index in [-0.39, 0.29) is 0 Å². The lowest BCUT2D eigenvalue weighted by molar-refractivity contribution is 0.125. The number of halogens is 1. The topological polar surface area (TPSA) is 54.6 Å². The summed E-state index contributed by atoms with van der Waals surface area (Å²) in [7, 11) is 1.65. The third kappa shape index (κ3) is 4.35. The Morgan fingerprint density at radius 2 is 1.88 bits per heavy atom.